The van der Waals surface area contributed by atoms with Crippen LogP contribution in [0.1, 0.15) is 6.92 Å². The molecule has 1 aliphatic rings. The van der Waals surface area contributed by atoms with Crippen molar-refractivity contribution in [2.24, 2.45) is 5.14 Å². The second-order valence-electron chi connectivity index (χ2n) is 6.67. The van der Waals surface area contributed by atoms with E-state index >= 15 is 0 Å². The number of nitrogens with zero attached hydrogens (tertiary/aromatic N) is 3. The Morgan fingerprint density at radius 1 is 1.25 bits per heavy atom. The zero-order chi connectivity index (χ0) is 19.8. The SMILES string of the molecule is CC1(Nc2ccc3cn[nH]c3c2)C(Nc2ncccn2)=CC=CC1S(N)(=O)=O. The summed E-state index contributed by atoms with van der Waals surface area (Å²) in [4.78, 5) is 8.32. The van der Waals surface area contributed by atoms with Gasteiger partial charge in [-0.05, 0) is 37.3 Å². The Balaban J connectivity index is 1.75. The lowest BCUT2D eigenvalue weighted by Gasteiger charge is -2.40. The smallest absolute Gasteiger partial charge is 0.226 e. The van der Waals surface area contributed by atoms with Crippen LogP contribution < -0.4 is 15.8 Å². The maximum atomic E-state index is 12.3. The van der Waals surface area contributed by atoms with Crippen molar-refractivity contribution < 1.29 is 8.42 Å². The molecule has 2 unspecified atom stereocenters. The molecule has 9 nitrogen and oxygen atoms in total. The molecular weight excluding hydrogens is 378 g/mol. The van der Waals surface area contributed by atoms with Crippen LogP contribution in [0.4, 0.5) is 11.6 Å². The number of H-pyrrole nitrogens is 1. The molecule has 10 heteroatoms. The van der Waals surface area contributed by atoms with E-state index in [2.05, 4.69) is 30.8 Å². The molecule has 2 heterocycles. The van der Waals surface area contributed by atoms with Gasteiger partial charge in [0, 0.05) is 29.2 Å². The first kappa shape index (κ1) is 18.1. The number of hydrogen-bond donors (Lipinski definition) is 4. The van der Waals surface area contributed by atoms with Crippen LogP contribution >= 0.6 is 0 Å². The highest BCUT2D eigenvalue weighted by molar-refractivity contribution is 7.90. The monoisotopic (exact) mass is 397 g/mol. The first-order chi connectivity index (χ1) is 13.4. The van der Waals surface area contributed by atoms with Crippen LogP contribution in [-0.4, -0.2) is 39.4 Å². The number of primary sulfonamides is 1. The maximum Gasteiger partial charge on any atom is 0.226 e. The molecule has 0 aliphatic heterocycles. The third-order valence-corrected chi connectivity index (χ3v) is 6.03. The summed E-state index contributed by atoms with van der Waals surface area (Å²) in [5.41, 5.74) is 1.03. The third kappa shape index (κ3) is 3.35. The van der Waals surface area contributed by atoms with Crippen LogP contribution in [0.3, 0.4) is 0 Å². The highest BCUT2D eigenvalue weighted by atomic mass is 32.2. The van der Waals surface area contributed by atoms with Gasteiger partial charge in [0.25, 0.3) is 0 Å². The van der Waals surface area contributed by atoms with Gasteiger partial charge in [-0.15, -0.1) is 0 Å². The van der Waals surface area contributed by atoms with E-state index in [4.69, 9.17) is 5.14 Å². The van der Waals surface area contributed by atoms with E-state index in [0.717, 1.165) is 10.9 Å². The minimum Gasteiger partial charge on any atom is -0.373 e. The topological polar surface area (TPSA) is 139 Å². The lowest BCUT2D eigenvalue weighted by molar-refractivity contribution is 0.545. The molecule has 4 rings (SSSR count). The van der Waals surface area contributed by atoms with Gasteiger partial charge in [-0.2, -0.15) is 5.10 Å². The summed E-state index contributed by atoms with van der Waals surface area (Å²) < 4.78 is 24.7. The number of fused-ring (bicyclic) bond motifs is 1. The summed E-state index contributed by atoms with van der Waals surface area (Å²) in [6, 6.07) is 7.32. The highest BCUT2D eigenvalue weighted by Gasteiger charge is 2.44. The van der Waals surface area contributed by atoms with Crippen molar-refractivity contribution in [1.29, 1.82) is 0 Å². The number of hydrogen-bond acceptors (Lipinski definition) is 7. The van der Waals surface area contributed by atoms with Crippen molar-refractivity contribution in [2.75, 3.05) is 10.6 Å². The van der Waals surface area contributed by atoms with Gasteiger partial charge in [-0.1, -0.05) is 12.2 Å². The Morgan fingerprint density at radius 3 is 2.79 bits per heavy atom. The fourth-order valence-corrected chi connectivity index (χ4v) is 4.47. The number of aromatic nitrogens is 4. The summed E-state index contributed by atoms with van der Waals surface area (Å²) in [5.74, 6) is 0.356. The molecule has 3 aromatic rings. The van der Waals surface area contributed by atoms with Crippen molar-refractivity contribution in [2.45, 2.75) is 17.7 Å². The number of aromatic amines is 1. The number of allylic oxidation sites excluding steroid dienone is 2. The number of sulfonamides is 1. The molecule has 144 valence electrons. The van der Waals surface area contributed by atoms with Gasteiger partial charge in [0.15, 0.2) is 0 Å². The van der Waals surface area contributed by atoms with E-state index in [1.165, 1.54) is 0 Å². The van der Waals surface area contributed by atoms with Gasteiger partial charge >= 0.3 is 0 Å². The van der Waals surface area contributed by atoms with Gasteiger partial charge in [-0.25, -0.2) is 23.5 Å². The van der Waals surface area contributed by atoms with Crippen LogP contribution in [0.5, 0.6) is 0 Å². The molecule has 2 atom stereocenters. The lowest BCUT2D eigenvalue weighted by atomic mass is 9.88. The quantitative estimate of drug-likeness (QED) is 0.514. The highest BCUT2D eigenvalue weighted by Crippen LogP contribution is 2.34. The first-order valence-corrected chi connectivity index (χ1v) is 10.1. The molecule has 5 N–H and O–H groups in total. The van der Waals surface area contributed by atoms with Gasteiger partial charge < -0.3 is 10.6 Å². The van der Waals surface area contributed by atoms with Crippen LogP contribution in [0.25, 0.3) is 10.9 Å². The summed E-state index contributed by atoms with van der Waals surface area (Å²) in [6.45, 7) is 1.77. The van der Waals surface area contributed by atoms with Crippen molar-refractivity contribution in [3.63, 3.8) is 0 Å². The molecule has 0 radical (unpaired) electrons. The minimum absolute atomic E-state index is 0.356. The summed E-state index contributed by atoms with van der Waals surface area (Å²) in [6.07, 6.45) is 9.91. The molecule has 0 amide bonds. The molecule has 1 aliphatic carbocycles. The minimum atomic E-state index is -3.90. The zero-order valence-corrected chi connectivity index (χ0v) is 15.8. The molecule has 0 saturated heterocycles. The van der Waals surface area contributed by atoms with Crippen LogP contribution in [0, 0.1) is 0 Å². The van der Waals surface area contributed by atoms with E-state index in [0.29, 0.717) is 17.3 Å². The van der Waals surface area contributed by atoms with Crippen molar-refractivity contribution in [3.8, 4) is 0 Å². The number of nitrogens with one attached hydrogen (secondary N) is 3. The van der Waals surface area contributed by atoms with Crippen LogP contribution in [0.15, 0.2) is 66.8 Å². The Bertz CT molecular complexity index is 1170. The van der Waals surface area contributed by atoms with Gasteiger partial charge in [0.1, 0.15) is 5.25 Å². The number of nitrogens with two attached hydrogens (primary N) is 1. The van der Waals surface area contributed by atoms with E-state index in [1.54, 1.807) is 49.8 Å². The normalized spacial score (nSPS) is 22.1. The van der Waals surface area contributed by atoms with Gasteiger partial charge in [0.05, 0.1) is 17.3 Å². The fraction of sp³-hybridized carbons (Fsp3) is 0.167. The van der Waals surface area contributed by atoms with Crippen LogP contribution in [-0.2, 0) is 10.0 Å². The largest absolute Gasteiger partial charge is 0.373 e. The second kappa shape index (κ2) is 6.73. The molecule has 2 aromatic heterocycles. The Kier molecular flexibility index (Phi) is 4.36. The van der Waals surface area contributed by atoms with Crippen molar-refractivity contribution in [3.05, 3.63) is 66.8 Å². The molecule has 28 heavy (non-hydrogen) atoms. The summed E-state index contributed by atoms with van der Waals surface area (Å²) >= 11 is 0. The molecule has 0 bridgehead atoms. The maximum absolute atomic E-state index is 12.3. The number of anilines is 2. The summed E-state index contributed by atoms with van der Waals surface area (Å²) in [7, 11) is -3.90. The van der Waals surface area contributed by atoms with Gasteiger partial charge in [-0.3, -0.25) is 5.10 Å². The average Bonchev–Trinajstić information content (AvgIpc) is 3.11. The molecule has 0 fully saturated rings. The van der Waals surface area contributed by atoms with Crippen LogP contribution in [0.2, 0.25) is 0 Å². The Morgan fingerprint density at radius 2 is 2.04 bits per heavy atom. The molecule has 0 saturated carbocycles. The van der Waals surface area contributed by atoms with E-state index in [-0.39, 0.29) is 0 Å². The average molecular weight is 397 g/mol. The molecule has 1 aromatic carbocycles. The zero-order valence-electron chi connectivity index (χ0n) is 15.0. The standard InChI is InChI=1S/C18H19N7O2S/c1-18(24-13-7-6-12-11-22-25-14(12)10-13)15(23-17-20-8-3-9-21-17)4-2-5-16(18)28(19,26)27/h2-11,16,24H,1H3,(H,22,25)(H2,19,26,27)(H,20,21,23). The molecular formula is C18H19N7O2S. The van der Waals surface area contributed by atoms with Crippen molar-refractivity contribution in [1.82, 2.24) is 20.2 Å². The lowest BCUT2D eigenvalue weighted by Crippen LogP contribution is -2.55. The van der Waals surface area contributed by atoms with E-state index in [9.17, 15) is 8.42 Å². The number of benzene rings is 1. The summed E-state index contributed by atoms with van der Waals surface area (Å²) in [5, 5.41) is 18.8. The first-order valence-electron chi connectivity index (χ1n) is 8.52. The van der Waals surface area contributed by atoms with E-state index in [1.807, 2.05) is 18.2 Å². The predicted molar refractivity (Wildman–Crippen MR) is 108 cm³/mol. The van der Waals surface area contributed by atoms with E-state index < -0.39 is 20.8 Å². The number of rotatable bonds is 5. The Hall–Kier alpha value is -3.24. The third-order valence-electron chi connectivity index (χ3n) is 4.69. The molecule has 0 spiro atoms. The van der Waals surface area contributed by atoms with Crippen molar-refractivity contribution >= 4 is 32.6 Å². The second-order valence-corrected chi connectivity index (χ2v) is 8.36. The Labute approximate surface area is 161 Å². The van der Waals surface area contributed by atoms with Gasteiger partial charge in [0.2, 0.25) is 16.0 Å². The predicted octanol–water partition coefficient (Wildman–Crippen LogP) is 1.75. The fourth-order valence-electron chi connectivity index (χ4n) is 3.32.